The molecule has 1 amide bonds. The maximum absolute atomic E-state index is 11.3. The maximum atomic E-state index is 11.3. The van der Waals surface area contributed by atoms with Gasteiger partial charge in [0.1, 0.15) is 4.90 Å². The van der Waals surface area contributed by atoms with E-state index in [1.54, 1.807) is 0 Å². The summed E-state index contributed by atoms with van der Waals surface area (Å²) in [5, 5.41) is 0.395. The summed E-state index contributed by atoms with van der Waals surface area (Å²) in [5.74, 6) is -1.07. The van der Waals surface area contributed by atoms with Crippen molar-refractivity contribution in [2.24, 2.45) is 5.73 Å². The summed E-state index contributed by atoms with van der Waals surface area (Å²) in [6, 6.07) is 5.35. The van der Waals surface area contributed by atoms with Crippen LogP contribution in [0.25, 0.3) is 10.8 Å². The molecule has 0 heterocycles. The van der Waals surface area contributed by atoms with Crippen LogP contribution in [0, 0.1) is 0 Å². The Kier molecular flexibility index (Phi) is 3.49. The number of fused-ring (bicyclic) bond motifs is 1. The standard InChI is InChI=1S/C11H9NO7S2/c12-11(13)9-4-6-1-2-8(20(14,15)16)3-7(6)5-10(9)21(17,18)19/h1-5H,(H2,12,13)(H,14,15,16)(H,17,18,19). The Morgan fingerprint density at radius 1 is 0.905 bits per heavy atom. The van der Waals surface area contributed by atoms with Crippen molar-refractivity contribution in [1.82, 2.24) is 0 Å². The molecular formula is C11H9NO7S2. The molecule has 0 aliphatic heterocycles. The van der Waals surface area contributed by atoms with E-state index in [2.05, 4.69) is 0 Å². The minimum atomic E-state index is -4.73. The first kappa shape index (κ1) is 15.4. The largest absolute Gasteiger partial charge is 0.366 e. The molecule has 0 aromatic heterocycles. The van der Waals surface area contributed by atoms with Gasteiger partial charge in [0.05, 0.1) is 10.5 Å². The predicted octanol–water partition coefficient (Wildman–Crippen LogP) is 0.432. The van der Waals surface area contributed by atoms with Gasteiger partial charge in [-0.1, -0.05) is 6.07 Å². The van der Waals surface area contributed by atoms with Gasteiger partial charge in [-0.25, -0.2) is 0 Å². The van der Waals surface area contributed by atoms with Crippen LogP contribution in [-0.4, -0.2) is 31.8 Å². The van der Waals surface area contributed by atoms with Gasteiger partial charge in [0.25, 0.3) is 20.2 Å². The second-order valence-corrected chi connectivity index (χ2v) is 6.98. The molecule has 0 fully saturated rings. The molecule has 112 valence electrons. The SMILES string of the molecule is NC(=O)c1cc2ccc(S(=O)(=O)O)cc2cc1S(=O)(=O)O. The molecule has 0 aliphatic rings. The molecule has 0 aliphatic carbocycles. The zero-order chi connectivity index (χ0) is 16.0. The second-order valence-electron chi connectivity index (χ2n) is 4.17. The van der Waals surface area contributed by atoms with Gasteiger partial charge >= 0.3 is 0 Å². The number of hydrogen-bond acceptors (Lipinski definition) is 5. The lowest BCUT2D eigenvalue weighted by molar-refractivity contribution is 0.0997. The zero-order valence-electron chi connectivity index (χ0n) is 10.2. The fourth-order valence-electron chi connectivity index (χ4n) is 1.82. The Balaban J connectivity index is 2.90. The number of benzene rings is 2. The Bertz CT molecular complexity index is 961. The fourth-order valence-corrected chi connectivity index (χ4v) is 3.05. The van der Waals surface area contributed by atoms with Crippen molar-refractivity contribution in [2.75, 3.05) is 0 Å². The van der Waals surface area contributed by atoms with Gasteiger partial charge in [0, 0.05) is 0 Å². The average molecular weight is 331 g/mol. The fraction of sp³-hybridized carbons (Fsp3) is 0. The molecule has 2 aromatic rings. The number of amides is 1. The smallest absolute Gasteiger partial charge is 0.295 e. The highest BCUT2D eigenvalue weighted by atomic mass is 32.2. The molecule has 0 unspecified atom stereocenters. The highest BCUT2D eigenvalue weighted by Gasteiger charge is 2.20. The number of hydrogen-bond donors (Lipinski definition) is 3. The molecule has 21 heavy (non-hydrogen) atoms. The Labute approximate surface area is 119 Å². The minimum Gasteiger partial charge on any atom is -0.366 e. The lowest BCUT2D eigenvalue weighted by Gasteiger charge is -2.07. The van der Waals surface area contributed by atoms with E-state index in [0.29, 0.717) is 5.39 Å². The van der Waals surface area contributed by atoms with Crippen molar-refractivity contribution in [3.63, 3.8) is 0 Å². The van der Waals surface area contributed by atoms with Crippen molar-refractivity contribution in [3.05, 3.63) is 35.9 Å². The molecule has 0 saturated heterocycles. The topological polar surface area (TPSA) is 152 Å². The average Bonchev–Trinajstić information content (AvgIpc) is 2.34. The number of carbonyl (C=O) groups is 1. The molecule has 0 spiro atoms. The lowest BCUT2D eigenvalue weighted by atomic mass is 10.1. The summed E-state index contributed by atoms with van der Waals surface area (Å²) in [6.07, 6.45) is 0. The summed E-state index contributed by atoms with van der Waals surface area (Å²) in [7, 11) is -9.20. The number of primary amides is 1. The summed E-state index contributed by atoms with van der Waals surface area (Å²) >= 11 is 0. The van der Waals surface area contributed by atoms with Crippen LogP contribution in [0.15, 0.2) is 40.1 Å². The quantitative estimate of drug-likeness (QED) is 0.689. The highest BCUT2D eigenvalue weighted by molar-refractivity contribution is 7.86. The van der Waals surface area contributed by atoms with Crippen LogP contribution in [0.4, 0.5) is 0 Å². The van der Waals surface area contributed by atoms with E-state index in [0.717, 1.165) is 24.3 Å². The van der Waals surface area contributed by atoms with Gasteiger partial charge in [-0.15, -0.1) is 0 Å². The number of nitrogens with two attached hydrogens (primary N) is 1. The van der Waals surface area contributed by atoms with Crippen molar-refractivity contribution in [1.29, 1.82) is 0 Å². The van der Waals surface area contributed by atoms with E-state index in [4.69, 9.17) is 14.8 Å². The molecular weight excluding hydrogens is 322 g/mol. The molecule has 4 N–H and O–H groups in total. The van der Waals surface area contributed by atoms with Crippen LogP contribution < -0.4 is 5.73 Å². The third-order valence-corrected chi connectivity index (χ3v) is 4.49. The lowest BCUT2D eigenvalue weighted by Crippen LogP contribution is -2.16. The first-order valence-corrected chi connectivity index (χ1v) is 8.21. The number of rotatable bonds is 3. The zero-order valence-corrected chi connectivity index (χ0v) is 11.8. The van der Waals surface area contributed by atoms with E-state index in [-0.39, 0.29) is 5.39 Å². The van der Waals surface area contributed by atoms with E-state index in [1.807, 2.05) is 0 Å². The highest BCUT2D eigenvalue weighted by Crippen LogP contribution is 2.25. The van der Waals surface area contributed by atoms with E-state index >= 15 is 0 Å². The summed E-state index contributed by atoms with van der Waals surface area (Å²) in [5.41, 5.74) is 4.62. The van der Waals surface area contributed by atoms with Crippen molar-refractivity contribution >= 4 is 36.9 Å². The van der Waals surface area contributed by atoms with Gasteiger partial charge in [-0.2, -0.15) is 16.8 Å². The third-order valence-electron chi connectivity index (χ3n) is 2.75. The van der Waals surface area contributed by atoms with E-state index in [9.17, 15) is 21.6 Å². The van der Waals surface area contributed by atoms with Crippen LogP contribution >= 0.6 is 0 Å². The Morgan fingerprint density at radius 3 is 2.00 bits per heavy atom. The van der Waals surface area contributed by atoms with Gasteiger partial charge in [-0.05, 0) is 35.0 Å². The minimum absolute atomic E-state index is 0.0859. The van der Waals surface area contributed by atoms with Crippen LogP contribution in [-0.2, 0) is 20.2 Å². The Hall–Kier alpha value is -2.01. The van der Waals surface area contributed by atoms with Gasteiger partial charge < -0.3 is 5.73 Å². The monoisotopic (exact) mass is 331 g/mol. The van der Waals surface area contributed by atoms with E-state index < -0.39 is 41.5 Å². The van der Waals surface area contributed by atoms with Crippen molar-refractivity contribution in [3.8, 4) is 0 Å². The van der Waals surface area contributed by atoms with Crippen LogP contribution in [0.2, 0.25) is 0 Å². The molecule has 2 aromatic carbocycles. The summed E-state index contributed by atoms with van der Waals surface area (Å²) < 4.78 is 62.7. The molecule has 0 bridgehead atoms. The van der Waals surface area contributed by atoms with Gasteiger partial charge in [0.2, 0.25) is 5.91 Å². The van der Waals surface area contributed by atoms with Gasteiger partial charge in [-0.3, -0.25) is 13.9 Å². The van der Waals surface area contributed by atoms with Gasteiger partial charge in [0.15, 0.2) is 0 Å². The maximum Gasteiger partial charge on any atom is 0.295 e. The first-order valence-electron chi connectivity index (χ1n) is 5.33. The molecule has 10 heteroatoms. The molecule has 0 saturated carbocycles. The van der Waals surface area contributed by atoms with E-state index in [1.165, 1.54) is 6.07 Å². The molecule has 2 rings (SSSR count). The summed E-state index contributed by atoms with van der Waals surface area (Å²) in [6.45, 7) is 0. The number of carbonyl (C=O) groups excluding carboxylic acids is 1. The molecule has 8 nitrogen and oxygen atoms in total. The first-order chi connectivity index (χ1) is 9.50. The molecule has 0 atom stereocenters. The second kappa shape index (κ2) is 4.77. The van der Waals surface area contributed by atoms with Crippen LogP contribution in [0.1, 0.15) is 10.4 Å². The third kappa shape index (κ3) is 3.03. The van der Waals surface area contributed by atoms with Crippen LogP contribution in [0.3, 0.4) is 0 Å². The molecule has 0 radical (unpaired) electrons. The van der Waals surface area contributed by atoms with Crippen molar-refractivity contribution < 1.29 is 30.7 Å². The predicted molar refractivity (Wildman–Crippen MR) is 72.1 cm³/mol. The normalized spacial score (nSPS) is 12.5. The van der Waals surface area contributed by atoms with Crippen molar-refractivity contribution in [2.45, 2.75) is 9.79 Å². The van der Waals surface area contributed by atoms with Crippen LogP contribution in [0.5, 0.6) is 0 Å². The Morgan fingerprint density at radius 2 is 1.52 bits per heavy atom. The summed E-state index contributed by atoms with van der Waals surface area (Å²) in [4.78, 5) is 10.1.